The Morgan fingerprint density at radius 2 is 0.851 bits per heavy atom. The fraction of sp³-hybridized carbons (Fsp3) is 0. The second kappa shape index (κ2) is 11.5. The van der Waals surface area contributed by atoms with Gasteiger partial charge in [-0.05, 0) is 114 Å². The fourth-order valence-corrected chi connectivity index (χ4v) is 5.67. The SMILES string of the molecule is N#Cc1cc(C#N)cc(-c2ccc(N(c3ccc(-c4nc5ccccc5o4)cc3)c3ccc(-c4nc5ccccc5o4)cc3)cc2)c1. The van der Waals surface area contributed by atoms with Crippen LogP contribution < -0.4 is 4.90 Å². The molecule has 8 aromatic rings. The van der Waals surface area contributed by atoms with Gasteiger partial charge < -0.3 is 13.7 Å². The van der Waals surface area contributed by atoms with Gasteiger partial charge in [-0.15, -0.1) is 0 Å². The maximum atomic E-state index is 9.47. The first kappa shape index (κ1) is 27.6. The lowest BCUT2D eigenvalue weighted by molar-refractivity contribution is 0.619. The highest BCUT2D eigenvalue weighted by atomic mass is 16.4. The lowest BCUT2D eigenvalue weighted by Crippen LogP contribution is -2.09. The first-order valence-corrected chi connectivity index (χ1v) is 14.9. The molecule has 0 amide bonds. The second-order valence-electron chi connectivity index (χ2n) is 11.0. The molecule has 0 atom stereocenters. The highest BCUT2D eigenvalue weighted by Crippen LogP contribution is 2.38. The van der Waals surface area contributed by atoms with E-state index in [-0.39, 0.29) is 0 Å². The highest BCUT2D eigenvalue weighted by Gasteiger charge is 2.16. The van der Waals surface area contributed by atoms with E-state index < -0.39 is 0 Å². The quantitative estimate of drug-likeness (QED) is 0.186. The molecule has 7 heteroatoms. The Morgan fingerprint density at radius 3 is 1.26 bits per heavy atom. The van der Waals surface area contributed by atoms with Gasteiger partial charge in [0.2, 0.25) is 11.8 Å². The van der Waals surface area contributed by atoms with Gasteiger partial charge >= 0.3 is 0 Å². The molecule has 0 bridgehead atoms. The van der Waals surface area contributed by atoms with Crippen LogP contribution in [0.15, 0.2) is 148 Å². The molecule has 0 aliphatic carbocycles. The van der Waals surface area contributed by atoms with Crippen LogP contribution in [0.5, 0.6) is 0 Å². The third kappa shape index (κ3) is 5.25. The molecular formula is C40H23N5O2. The van der Waals surface area contributed by atoms with Gasteiger partial charge in [0.1, 0.15) is 11.0 Å². The standard InChI is InChI=1S/C40H23N5O2/c41-24-26-21-27(25-42)23-31(22-26)28-9-15-32(16-10-28)45(33-17-11-29(12-18-33)39-43-35-5-1-3-7-37(35)46-39)34-19-13-30(14-20-34)40-44-36-6-2-4-8-38(36)47-40/h1-23H. The maximum Gasteiger partial charge on any atom is 0.227 e. The van der Waals surface area contributed by atoms with Crippen LogP contribution in [0.2, 0.25) is 0 Å². The van der Waals surface area contributed by atoms with E-state index in [9.17, 15) is 10.5 Å². The topological polar surface area (TPSA) is 103 Å². The zero-order valence-corrected chi connectivity index (χ0v) is 24.8. The van der Waals surface area contributed by atoms with Crippen molar-refractivity contribution >= 4 is 39.3 Å². The Hall–Kier alpha value is -6.96. The summed E-state index contributed by atoms with van der Waals surface area (Å²) >= 11 is 0. The predicted octanol–water partition coefficient (Wildman–Crippen LogP) is 10.2. The van der Waals surface area contributed by atoms with Crippen molar-refractivity contribution in [2.75, 3.05) is 4.90 Å². The Bertz CT molecular complexity index is 2260. The number of fused-ring (bicyclic) bond motifs is 2. The largest absolute Gasteiger partial charge is 0.436 e. The summed E-state index contributed by atoms with van der Waals surface area (Å²) in [4.78, 5) is 11.5. The lowest BCUT2D eigenvalue weighted by atomic mass is 10.00. The van der Waals surface area contributed by atoms with E-state index in [1.54, 1.807) is 18.2 Å². The van der Waals surface area contributed by atoms with Crippen molar-refractivity contribution < 1.29 is 8.83 Å². The van der Waals surface area contributed by atoms with Crippen molar-refractivity contribution in [2.24, 2.45) is 0 Å². The van der Waals surface area contributed by atoms with E-state index >= 15 is 0 Å². The molecule has 0 aliphatic heterocycles. The summed E-state index contributed by atoms with van der Waals surface area (Å²) in [6, 6.07) is 49.2. The molecule has 7 nitrogen and oxygen atoms in total. The van der Waals surface area contributed by atoms with Crippen molar-refractivity contribution in [3.05, 3.63) is 151 Å². The van der Waals surface area contributed by atoms with Crippen molar-refractivity contribution in [3.8, 4) is 46.2 Å². The molecule has 0 saturated carbocycles. The van der Waals surface area contributed by atoms with E-state index in [0.29, 0.717) is 22.9 Å². The van der Waals surface area contributed by atoms with Gasteiger partial charge in [0, 0.05) is 28.2 Å². The van der Waals surface area contributed by atoms with E-state index in [2.05, 4.69) is 27.0 Å². The molecule has 6 aromatic carbocycles. The second-order valence-corrected chi connectivity index (χ2v) is 11.0. The van der Waals surface area contributed by atoms with Gasteiger partial charge in [-0.25, -0.2) is 9.97 Å². The van der Waals surface area contributed by atoms with Crippen LogP contribution in [0.3, 0.4) is 0 Å². The molecule has 0 spiro atoms. The minimum absolute atomic E-state index is 0.447. The molecule has 0 radical (unpaired) electrons. The molecule has 0 N–H and O–H groups in total. The Morgan fingerprint density at radius 1 is 0.447 bits per heavy atom. The number of nitriles is 2. The van der Waals surface area contributed by atoms with Crippen LogP contribution >= 0.6 is 0 Å². The van der Waals surface area contributed by atoms with Crippen LogP contribution in [-0.2, 0) is 0 Å². The molecule has 47 heavy (non-hydrogen) atoms. The zero-order valence-electron chi connectivity index (χ0n) is 24.8. The normalized spacial score (nSPS) is 10.9. The highest BCUT2D eigenvalue weighted by molar-refractivity contribution is 5.82. The van der Waals surface area contributed by atoms with Crippen molar-refractivity contribution in [1.29, 1.82) is 10.5 Å². The summed E-state index contributed by atoms with van der Waals surface area (Å²) in [7, 11) is 0. The number of aromatic nitrogens is 2. The number of oxazole rings is 2. The van der Waals surface area contributed by atoms with Crippen molar-refractivity contribution in [3.63, 3.8) is 0 Å². The van der Waals surface area contributed by atoms with Crippen LogP contribution in [0.1, 0.15) is 11.1 Å². The van der Waals surface area contributed by atoms with Gasteiger partial charge in [-0.3, -0.25) is 0 Å². The minimum Gasteiger partial charge on any atom is -0.436 e. The molecule has 8 rings (SSSR count). The van der Waals surface area contributed by atoms with Gasteiger partial charge in [0.15, 0.2) is 11.2 Å². The number of rotatable bonds is 6. The minimum atomic E-state index is 0.447. The summed E-state index contributed by atoms with van der Waals surface area (Å²) in [6.07, 6.45) is 0. The predicted molar refractivity (Wildman–Crippen MR) is 182 cm³/mol. The Labute approximate surface area is 269 Å². The van der Waals surface area contributed by atoms with Gasteiger partial charge in [-0.1, -0.05) is 36.4 Å². The average molecular weight is 606 g/mol. The summed E-state index contributed by atoms with van der Waals surface area (Å²) in [6.45, 7) is 0. The average Bonchev–Trinajstić information content (AvgIpc) is 3.77. The summed E-state index contributed by atoms with van der Waals surface area (Å²) in [5.74, 6) is 1.13. The molecule has 0 unspecified atom stereocenters. The number of anilines is 3. The first-order valence-electron chi connectivity index (χ1n) is 14.9. The third-order valence-electron chi connectivity index (χ3n) is 7.98. The summed E-state index contributed by atoms with van der Waals surface area (Å²) in [5.41, 5.74) is 10.3. The summed E-state index contributed by atoms with van der Waals surface area (Å²) < 4.78 is 12.0. The number of para-hydroxylation sites is 4. The van der Waals surface area contributed by atoms with Crippen LogP contribution in [0.4, 0.5) is 17.1 Å². The first-order chi connectivity index (χ1) is 23.1. The zero-order chi connectivity index (χ0) is 31.7. The molecule has 0 aliphatic rings. The van der Waals surface area contributed by atoms with E-state index in [4.69, 9.17) is 8.83 Å². The van der Waals surface area contributed by atoms with Gasteiger partial charge in [0.25, 0.3) is 0 Å². The fourth-order valence-electron chi connectivity index (χ4n) is 5.67. The Balaban J connectivity index is 1.17. The van der Waals surface area contributed by atoms with E-state index in [0.717, 1.165) is 61.5 Å². The number of nitrogens with zero attached hydrogens (tertiary/aromatic N) is 5. The molecule has 220 valence electrons. The number of hydrogen-bond acceptors (Lipinski definition) is 7. The van der Waals surface area contributed by atoms with Crippen LogP contribution in [0, 0.1) is 22.7 Å². The van der Waals surface area contributed by atoms with Gasteiger partial charge in [-0.2, -0.15) is 10.5 Å². The van der Waals surface area contributed by atoms with Crippen LogP contribution in [-0.4, -0.2) is 9.97 Å². The van der Waals surface area contributed by atoms with Crippen LogP contribution in [0.25, 0.3) is 56.2 Å². The smallest absolute Gasteiger partial charge is 0.227 e. The Kier molecular flexibility index (Phi) is 6.76. The molecule has 0 saturated heterocycles. The lowest BCUT2D eigenvalue weighted by Gasteiger charge is -2.26. The van der Waals surface area contributed by atoms with Crippen molar-refractivity contribution in [2.45, 2.75) is 0 Å². The molecule has 0 fully saturated rings. The maximum absolute atomic E-state index is 9.47. The van der Waals surface area contributed by atoms with Crippen molar-refractivity contribution in [1.82, 2.24) is 9.97 Å². The third-order valence-corrected chi connectivity index (χ3v) is 7.98. The van der Waals surface area contributed by atoms with E-state index in [1.807, 2.05) is 121 Å². The molecule has 2 heterocycles. The monoisotopic (exact) mass is 605 g/mol. The molecular weight excluding hydrogens is 582 g/mol. The van der Waals surface area contributed by atoms with Gasteiger partial charge in [0.05, 0.1) is 23.3 Å². The van der Waals surface area contributed by atoms with E-state index in [1.165, 1.54) is 0 Å². The number of hydrogen-bond donors (Lipinski definition) is 0. The number of benzene rings is 6. The summed E-state index contributed by atoms with van der Waals surface area (Å²) in [5, 5.41) is 18.9. The molecule has 2 aromatic heterocycles.